The topological polar surface area (TPSA) is 58.6 Å². The molecule has 0 atom stereocenters. The molecule has 1 aliphatic heterocycles. The van der Waals surface area contributed by atoms with E-state index in [9.17, 15) is 9.59 Å². The van der Waals surface area contributed by atoms with Crippen LogP contribution < -0.4 is 15.0 Å². The maximum Gasteiger partial charge on any atom is 0.248 e. The summed E-state index contributed by atoms with van der Waals surface area (Å²) in [5.41, 5.74) is 1.46. The normalized spacial score (nSPS) is 15.7. The van der Waals surface area contributed by atoms with Crippen LogP contribution in [0.15, 0.2) is 48.5 Å². The van der Waals surface area contributed by atoms with Gasteiger partial charge in [0.05, 0.1) is 11.1 Å². The number of halogens is 1. The summed E-state index contributed by atoms with van der Waals surface area (Å²) in [6.45, 7) is 6.49. The van der Waals surface area contributed by atoms with Crippen LogP contribution >= 0.6 is 11.6 Å². The van der Waals surface area contributed by atoms with E-state index in [-0.39, 0.29) is 18.4 Å². The van der Waals surface area contributed by atoms with Crippen LogP contribution in [-0.2, 0) is 9.59 Å². The fourth-order valence-corrected chi connectivity index (χ4v) is 3.20. The Bertz CT molecular complexity index is 937. The highest BCUT2D eigenvalue weighted by Gasteiger charge is 2.37. The third-order valence-electron chi connectivity index (χ3n) is 4.57. The molecule has 1 N–H and O–H groups in total. The third kappa shape index (κ3) is 4.20. The van der Waals surface area contributed by atoms with Crippen molar-refractivity contribution in [2.24, 2.45) is 5.41 Å². The predicted molar refractivity (Wildman–Crippen MR) is 113 cm³/mol. The maximum atomic E-state index is 12.7. The van der Waals surface area contributed by atoms with Crippen LogP contribution in [0.5, 0.6) is 5.75 Å². The van der Waals surface area contributed by atoms with E-state index in [0.717, 1.165) is 5.56 Å². The monoisotopic (exact) mass is 398 g/mol. The fourth-order valence-electron chi connectivity index (χ4n) is 3.00. The van der Waals surface area contributed by atoms with Gasteiger partial charge >= 0.3 is 0 Å². The van der Waals surface area contributed by atoms with Crippen LogP contribution in [0.3, 0.4) is 0 Å². The SMILES string of the molecule is CCN1C(=O)C(C)(C)COc2cc(NC(=O)/C=C/c3ccccc3Cl)ccc21. The van der Waals surface area contributed by atoms with Gasteiger partial charge in [0.15, 0.2) is 0 Å². The number of amides is 2. The van der Waals surface area contributed by atoms with Crippen molar-refractivity contribution in [3.8, 4) is 5.75 Å². The molecule has 0 aliphatic carbocycles. The Morgan fingerprint density at radius 1 is 1.29 bits per heavy atom. The summed E-state index contributed by atoms with van der Waals surface area (Å²) in [5.74, 6) is 0.319. The molecular formula is C22H23ClN2O3. The molecule has 0 aromatic heterocycles. The highest BCUT2D eigenvalue weighted by Crippen LogP contribution is 2.38. The lowest BCUT2D eigenvalue weighted by atomic mass is 9.93. The van der Waals surface area contributed by atoms with E-state index in [1.54, 1.807) is 35.2 Å². The lowest BCUT2D eigenvalue weighted by Gasteiger charge is -2.26. The Hall–Kier alpha value is -2.79. The molecule has 3 rings (SSSR count). The van der Waals surface area contributed by atoms with Gasteiger partial charge in [-0.2, -0.15) is 0 Å². The molecule has 28 heavy (non-hydrogen) atoms. The lowest BCUT2D eigenvalue weighted by Crippen LogP contribution is -2.42. The van der Waals surface area contributed by atoms with Crippen molar-refractivity contribution in [3.05, 3.63) is 59.1 Å². The van der Waals surface area contributed by atoms with E-state index in [1.165, 1.54) is 6.08 Å². The second kappa shape index (κ2) is 8.07. The number of anilines is 2. The smallest absolute Gasteiger partial charge is 0.248 e. The molecule has 2 aromatic rings. The summed E-state index contributed by atoms with van der Waals surface area (Å²) >= 11 is 6.09. The van der Waals surface area contributed by atoms with Crippen LogP contribution in [0.2, 0.25) is 5.02 Å². The van der Waals surface area contributed by atoms with Gasteiger partial charge in [-0.05, 0) is 50.6 Å². The minimum Gasteiger partial charge on any atom is -0.490 e. The molecule has 2 aromatic carbocycles. The Morgan fingerprint density at radius 2 is 2.04 bits per heavy atom. The second-order valence-corrected chi connectivity index (χ2v) is 7.66. The predicted octanol–water partition coefficient (Wildman–Crippen LogP) is 4.76. The minimum atomic E-state index is -0.615. The van der Waals surface area contributed by atoms with E-state index < -0.39 is 5.41 Å². The van der Waals surface area contributed by atoms with Crippen molar-refractivity contribution in [3.63, 3.8) is 0 Å². The lowest BCUT2D eigenvalue weighted by molar-refractivity contribution is -0.127. The summed E-state index contributed by atoms with van der Waals surface area (Å²) in [7, 11) is 0. The summed E-state index contributed by atoms with van der Waals surface area (Å²) < 4.78 is 5.88. The highest BCUT2D eigenvalue weighted by atomic mass is 35.5. The van der Waals surface area contributed by atoms with Crippen LogP contribution in [0, 0.1) is 5.41 Å². The molecule has 0 bridgehead atoms. The van der Waals surface area contributed by atoms with Crippen molar-refractivity contribution in [1.29, 1.82) is 0 Å². The van der Waals surface area contributed by atoms with E-state index in [0.29, 0.717) is 28.7 Å². The summed E-state index contributed by atoms with van der Waals surface area (Å²) in [4.78, 5) is 26.7. The zero-order chi connectivity index (χ0) is 20.3. The number of hydrogen-bond acceptors (Lipinski definition) is 3. The van der Waals surface area contributed by atoms with Crippen molar-refractivity contribution in [2.45, 2.75) is 20.8 Å². The number of hydrogen-bond donors (Lipinski definition) is 1. The zero-order valence-electron chi connectivity index (χ0n) is 16.2. The number of nitrogens with zero attached hydrogens (tertiary/aromatic N) is 1. The van der Waals surface area contributed by atoms with Gasteiger partial charge in [0.1, 0.15) is 12.4 Å². The number of fused-ring (bicyclic) bond motifs is 1. The Balaban J connectivity index is 1.79. The van der Waals surface area contributed by atoms with Crippen molar-refractivity contribution < 1.29 is 14.3 Å². The van der Waals surface area contributed by atoms with Crippen LogP contribution in [0.25, 0.3) is 6.08 Å². The fraction of sp³-hybridized carbons (Fsp3) is 0.273. The molecular weight excluding hydrogens is 376 g/mol. The molecule has 1 aliphatic rings. The maximum absolute atomic E-state index is 12.7. The number of carbonyl (C=O) groups is 2. The first-order valence-corrected chi connectivity index (χ1v) is 9.52. The van der Waals surface area contributed by atoms with Crippen LogP contribution in [-0.4, -0.2) is 25.0 Å². The highest BCUT2D eigenvalue weighted by molar-refractivity contribution is 6.32. The largest absolute Gasteiger partial charge is 0.490 e. The summed E-state index contributed by atoms with van der Waals surface area (Å²) in [5, 5.41) is 3.40. The molecule has 0 unspecified atom stereocenters. The standard InChI is InChI=1S/C22H23ClN2O3/c1-4-25-18-11-10-16(13-19(18)28-14-22(2,3)21(25)27)24-20(26)12-9-15-7-5-6-8-17(15)23/h5-13H,4,14H2,1-3H3,(H,24,26)/b12-9+. The minimum absolute atomic E-state index is 0.0215. The van der Waals surface area contributed by atoms with Crippen molar-refractivity contribution in [1.82, 2.24) is 0 Å². The van der Waals surface area contributed by atoms with E-state index in [4.69, 9.17) is 16.3 Å². The van der Waals surface area contributed by atoms with E-state index in [2.05, 4.69) is 5.32 Å². The van der Waals surface area contributed by atoms with Gasteiger partial charge in [0, 0.05) is 29.4 Å². The van der Waals surface area contributed by atoms with Gasteiger partial charge < -0.3 is 15.0 Å². The number of benzene rings is 2. The van der Waals surface area contributed by atoms with E-state index >= 15 is 0 Å². The third-order valence-corrected chi connectivity index (χ3v) is 4.91. The molecule has 5 nitrogen and oxygen atoms in total. The van der Waals surface area contributed by atoms with Gasteiger partial charge in [-0.15, -0.1) is 0 Å². The van der Waals surface area contributed by atoms with Crippen LogP contribution in [0.4, 0.5) is 11.4 Å². The molecule has 0 saturated heterocycles. The van der Waals surface area contributed by atoms with Gasteiger partial charge in [-0.1, -0.05) is 29.8 Å². The Kier molecular flexibility index (Phi) is 5.75. The molecule has 146 valence electrons. The number of carbonyl (C=O) groups excluding carboxylic acids is 2. The first-order chi connectivity index (χ1) is 13.3. The molecule has 0 spiro atoms. The van der Waals surface area contributed by atoms with Gasteiger partial charge in [-0.3, -0.25) is 9.59 Å². The van der Waals surface area contributed by atoms with Gasteiger partial charge in [0.2, 0.25) is 11.8 Å². The van der Waals surface area contributed by atoms with Crippen molar-refractivity contribution in [2.75, 3.05) is 23.4 Å². The first-order valence-electron chi connectivity index (χ1n) is 9.14. The average molecular weight is 399 g/mol. The second-order valence-electron chi connectivity index (χ2n) is 7.25. The quantitative estimate of drug-likeness (QED) is 0.755. The van der Waals surface area contributed by atoms with Crippen molar-refractivity contribution >= 4 is 40.9 Å². The Labute approximate surface area is 169 Å². The molecule has 0 fully saturated rings. The first kappa shape index (κ1) is 20.0. The molecule has 0 saturated carbocycles. The molecule has 0 radical (unpaired) electrons. The van der Waals surface area contributed by atoms with E-state index in [1.807, 2.05) is 39.0 Å². The number of rotatable bonds is 4. The molecule has 6 heteroatoms. The average Bonchev–Trinajstić information content (AvgIpc) is 2.76. The summed E-state index contributed by atoms with van der Waals surface area (Å²) in [6, 6.07) is 12.6. The van der Waals surface area contributed by atoms with Crippen LogP contribution in [0.1, 0.15) is 26.3 Å². The zero-order valence-corrected chi connectivity index (χ0v) is 16.9. The summed E-state index contributed by atoms with van der Waals surface area (Å²) in [6.07, 6.45) is 3.09. The number of nitrogens with one attached hydrogen (secondary N) is 1. The molecule has 1 heterocycles. The molecule has 2 amide bonds. The van der Waals surface area contributed by atoms with Gasteiger partial charge in [0.25, 0.3) is 0 Å². The Morgan fingerprint density at radius 3 is 2.75 bits per heavy atom. The number of ether oxygens (including phenoxy) is 1. The van der Waals surface area contributed by atoms with Gasteiger partial charge in [-0.25, -0.2) is 0 Å².